The second-order valence-electron chi connectivity index (χ2n) is 9.10. The molecule has 2 aromatic heterocycles. The molecule has 4 heterocycles. The fourth-order valence-corrected chi connectivity index (χ4v) is 5.49. The van der Waals surface area contributed by atoms with Gasteiger partial charge < -0.3 is 14.2 Å². The van der Waals surface area contributed by atoms with Crippen LogP contribution < -0.4 is 10.5 Å². The van der Waals surface area contributed by atoms with Gasteiger partial charge in [0.05, 0.1) is 47.4 Å². The van der Waals surface area contributed by atoms with Crippen molar-refractivity contribution in [1.29, 1.82) is 0 Å². The molecule has 3 aliphatic rings. The van der Waals surface area contributed by atoms with E-state index >= 15 is 0 Å². The molecule has 2 unspecified atom stereocenters. The van der Waals surface area contributed by atoms with Crippen LogP contribution in [0.15, 0.2) is 59.7 Å². The molecule has 0 radical (unpaired) electrons. The lowest BCUT2D eigenvalue weighted by Gasteiger charge is -2.20. The molecule has 0 saturated carbocycles. The summed E-state index contributed by atoms with van der Waals surface area (Å²) in [6.07, 6.45) is 6.80. The molecule has 6 rings (SSSR count). The van der Waals surface area contributed by atoms with Crippen molar-refractivity contribution < 1.29 is 4.74 Å². The molecule has 0 bridgehead atoms. The molecule has 1 aromatic carbocycles. The lowest BCUT2D eigenvalue weighted by atomic mass is 10.0. The van der Waals surface area contributed by atoms with Crippen molar-refractivity contribution in [2.45, 2.75) is 13.0 Å². The lowest BCUT2D eigenvalue weighted by Crippen LogP contribution is -2.22. The molecule has 168 valence electrons. The Hall–Kier alpha value is -2.60. The molecular formula is C26H23Cl2N3O2. The standard InChI is InChI=1S/C26H23Cl2N3O2/c27-23-3-1-16(7-24(23)28)11-30-6-5-17(8-26(30)32)21-2-4-25-22(21)9-20(10-29-25)31-12-18-14-33-15-19(18)13-31/h1-3,5-10,18-19H,4,11-15H2. The highest BCUT2D eigenvalue weighted by molar-refractivity contribution is 6.42. The van der Waals surface area contributed by atoms with Crippen LogP contribution in [0.1, 0.15) is 22.4 Å². The normalized spacial score (nSPS) is 21.3. The molecule has 2 aliphatic heterocycles. The number of hydrogen-bond acceptors (Lipinski definition) is 4. The van der Waals surface area contributed by atoms with E-state index < -0.39 is 0 Å². The maximum absolute atomic E-state index is 12.9. The van der Waals surface area contributed by atoms with Gasteiger partial charge in [-0.25, -0.2) is 0 Å². The van der Waals surface area contributed by atoms with E-state index in [0.29, 0.717) is 28.4 Å². The number of allylic oxidation sites excluding steroid dienone is 1. The zero-order chi connectivity index (χ0) is 22.5. The van der Waals surface area contributed by atoms with Gasteiger partial charge >= 0.3 is 0 Å². The minimum Gasteiger partial charge on any atom is -0.381 e. The molecular weight excluding hydrogens is 457 g/mol. The monoisotopic (exact) mass is 479 g/mol. The zero-order valence-electron chi connectivity index (χ0n) is 18.0. The number of anilines is 1. The highest BCUT2D eigenvalue weighted by Gasteiger charge is 2.37. The molecule has 5 nitrogen and oxygen atoms in total. The second kappa shape index (κ2) is 8.32. The third-order valence-corrected chi connectivity index (χ3v) is 7.73. The Morgan fingerprint density at radius 1 is 1.03 bits per heavy atom. The van der Waals surface area contributed by atoms with Gasteiger partial charge in [0, 0.05) is 49.2 Å². The van der Waals surface area contributed by atoms with Gasteiger partial charge in [-0.15, -0.1) is 0 Å². The summed E-state index contributed by atoms with van der Waals surface area (Å²) < 4.78 is 7.30. The van der Waals surface area contributed by atoms with Crippen molar-refractivity contribution in [1.82, 2.24) is 9.55 Å². The Morgan fingerprint density at radius 3 is 2.61 bits per heavy atom. The summed E-state index contributed by atoms with van der Waals surface area (Å²) in [4.78, 5) is 20.1. The number of benzene rings is 1. The van der Waals surface area contributed by atoms with Gasteiger partial charge in [-0.2, -0.15) is 0 Å². The SMILES string of the molecule is O=c1cc(C2=CCc3ncc(N4CC5COCC5C4)cc32)ccn1Cc1ccc(Cl)c(Cl)c1. The molecule has 1 aliphatic carbocycles. The van der Waals surface area contributed by atoms with Gasteiger partial charge in [0.1, 0.15) is 0 Å². The number of halogens is 2. The topological polar surface area (TPSA) is 47.4 Å². The Balaban J connectivity index is 1.25. The third-order valence-electron chi connectivity index (χ3n) is 6.99. The largest absolute Gasteiger partial charge is 0.381 e. The van der Waals surface area contributed by atoms with Crippen LogP contribution in [0.25, 0.3) is 5.57 Å². The molecule has 2 fully saturated rings. The Labute approximate surface area is 202 Å². The summed E-state index contributed by atoms with van der Waals surface area (Å²) in [6.45, 7) is 4.22. The van der Waals surface area contributed by atoms with Crippen molar-refractivity contribution in [3.05, 3.63) is 97.7 Å². The quantitative estimate of drug-likeness (QED) is 0.545. The maximum Gasteiger partial charge on any atom is 0.251 e. The molecule has 7 heteroatoms. The highest BCUT2D eigenvalue weighted by atomic mass is 35.5. The Bertz CT molecular complexity index is 1320. The first-order valence-electron chi connectivity index (χ1n) is 11.2. The number of aromatic nitrogens is 2. The van der Waals surface area contributed by atoms with Crippen molar-refractivity contribution in [2.24, 2.45) is 11.8 Å². The lowest BCUT2D eigenvalue weighted by molar-refractivity contribution is 0.177. The van der Waals surface area contributed by atoms with E-state index in [1.54, 1.807) is 22.8 Å². The van der Waals surface area contributed by atoms with Crippen LogP contribution in [0.4, 0.5) is 5.69 Å². The minimum absolute atomic E-state index is 0.0515. The highest BCUT2D eigenvalue weighted by Crippen LogP contribution is 2.37. The summed E-state index contributed by atoms with van der Waals surface area (Å²) >= 11 is 12.1. The van der Waals surface area contributed by atoms with E-state index in [9.17, 15) is 4.79 Å². The van der Waals surface area contributed by atoms with E-state index in [-0.39, 0.29) is 5.56 Å². The van der Waals surface area contributed by atoms with Crippen LogP contribution in [-0.4, -0.2) is 35.9 Å². The van der Waals surface area contributed by atoms with Gasteiger partial charge in [-0.1, -0.05) is 35.3 Å². The van der Waals surface area contributed by atoms with Crippen molar-refractivity contribution >= 4 is 34.5 Å². The van der Waals surface area contributed by atoms with Crippen LogP contribution in [-0.2, 0) is 17.7 Å². The number of rotatable bonds is 4. The number of ether oxygens (including phenoxy) is 1. The summed E-state index contributed by atoms with van der Waals surface area (Å²) in [5.74, 6) is 1.24. The van der Waals surface area contributed by atoms with E-state index in [4.69, 9.17) is 32.9 Å². The fraction of sp³-hybridized carbons (Fsp3) is 0.308. The van der Waals surface area contributed by atoms with Crippen molar-refractivity contribution in [3.8, 4) is 0 Å². The Morgan fingerprint density at radius 2 is 1.85 bits per heavy atom. The summed E-state index contributed by atoms with van der Waals surface area (Å²) in [6, 6.07) is 11.4. The molecule has 0 spiro atoms. The number of hydrogen-bond donors (Lipinski definition) is 0. The van der Waals surface area contributed by atoms with Gasteiger partial charge in [0.25, 0.3) is 5.56 Å². The van der Waals surface area contributed by atoms with Gasteiger partial charge in [0.2, 0.25) is 0 Å². The molecule has 2 saturated heterocycles. The van der Waals surface area contributed by atoms with Crippen LogP contribution >= 0.6 is 23.2 Å². The van der Waals surface area contributed by atoms with Crippen molar-refractivity contribution in [2.75, 3.05) is 31.2 Å². The first-order valence-corrected chi connectivity index (χ1v) is 12.0. The smallest absolute Gasteiger partial charge is 0.251 e. The van der Waals surface area contributed by atoms with Gasteiger partial charge in [-0.05, 0) is 41.0 Å². The zero-order valence-corrected chi connectivity index (χ0v) is 19.5. The first kappa shape index (κ1) is 21.0. The molecule has 2 atom stereocenters. The van der Waals surface area contributed by atoms with Crippen LogP contribution in [0.2, 0.25) is 10.0 Å². The molecule has 0 amide bonds. The second-order valence-corrected chi connectivity index (χ2v) is 9.92. The predicted octanol–water partition coefficient (Wildman–Crippen LogP) is 4.67. The van der Waals surface area contributed by atoms with Gasteiger partial charge in [-0.3, -0.25) is 9.78 Å². The average molecular weight is 480 g/mol. The van der Waals surface area contributed by atoms with E-state index in [1.165, 1.54) is 0 Å². The number of fused-ring (bicyclic) bond motifs is 2. The van der Waals surface area contributed by atoms with Crippen LogP contribution in [0.3, 0.4) is 0 Å². The molecule has 0 N–H and O–H groups in total. The maximum atomic E-state index is 12.9. The van der Waals surface area contributed by atoms with Crippen LogP contribution in [0, 0.1) is 11.8 Å². The number of pyridine rings is 2. The summed E-state index contributed by atoms with van der Waals surface area (Å²) in [5, 5.41) is 0.998. The summed E-state index contributed by atoms with van der Waals surface area (Å²) in [5.41, 5.74) is 6.24. The minimum atomic E-state index is -0.0515. The molecule has 33 heavy (non-hydrogen) atoms. The van der Waals surface area contributed by atoms with E-state index in [0.717, 1.165) is 66.4 Å². The average Bonchev–Trinajstić information content (AvgIpc) is 3.52. The predicted molar refractivity (Wildman–Crippen MR) is 131 cm³/mol. The van der Waals surface area contributed by atoms with Crippen LogP contribution in [0.5, 0.6) is 0 Å². The van der Waals surface area contributed by atoms with Crippen molar-refractivity contribution in [3.63, 3.8) is 0 Å². The third kappa shape index (κ3) is 3.88. The summed E-state index contributed by atoms with van der Waals surface area (Å²) in [7, 11) is 0. The Kier molecular flexibility index (Phi) is 5.28. The first-order chi connectivity index (χ1) is 16.0. The van der Waals surface area contributed by atoms with E-state index in [2.05, 4.69) is 17.0 Å². The van der Waals surface area contributed by atoms with Gasteiger partial charge in [0.15, 0.2) is 0 Å². The molecule has 3 aromatic rings. The fourth-order valence-electron chi connectivity index (χ4n) is 5.17. The number of nitrogens with zero attached hydrogens (tertiary/aromatic N) is 3. The van der Waals surface area contributed by atoms with E-state index in [1.807, 2.05) is 24.5 Å².